The lowest BCUT2D eigenvalue weighted by Gasteiger charge is -2.04. The van der Waals surface area contributed by atoms with Gasteiger partial charge in [-0.3, -0.25) is 4.21 Å². The average Bonchev–Trinajstić information content (AvgIpc) is 2.67. The van der Waals surface area contributed by atoms with E-state index in [0.717, 1.165) is 15.2 Å². The van der Waals surface area contributed by atoms with Gasteiger partial charge in [-0.05, 0) is 25.1 Å². The first-order chi connectivity index (χ1) is 8.06. The molecule has 0 fully saturated rings. The van der Waals surface area contributed by atoms with Gasteiger partial charge in [0.25, 0.3) is 0 Å². The third-order valence-electron chi connectivity index (χ3n) is 2.14. The Labute approximate surface area is 115 Å². The van der Waals surface area contributed by atoms with Gasteiger partial charge in [-0.2, -0.15) is 0 Å². The second kappa shape index (κ2) is 5.29. The van der Waals surface area contributed by atoms with E-state index in [1.54, 1.807) is 12.1 Å². The summed E-state index contributed by atoms with van der Waals surface area (Å²) in [6.45, 7) is 1.93. The van der Waals surface area contributed by atoms with E-state index in [1.807, 2.05) is 18.4 Å². The van der Waals surface area contributed by atoms with Crippen LogP contribution in [0.2, 0.25) is 0 Å². The fourth-order valence-electron chi connectivity index (χ4n) is 1.36. The number of halogens is 1. The molecule has 0 aliphatic carbocycles. The first kappa shape index (κ1) is 12.7. The van der Waals surface area contributed by atoms with E-state index in [2.05, 4.69) is 20.9 Å². The average molecular weight is 331 g/mol. The molecule has 6 heteroatoms. The second-order valence-corrected chi connectivity index (χ2v) is 6.83. The van der Waals surface area contributed by atoms with Gasteiger partial charge in [0, 0.05) is 21.2 Å². The summed E-state index contributed by atoms with van der Waals surface area (Å²) in [7, 11) is -1.15. The highest BCUT2D eigenvalue weighted by Gasteiger charge is 2.11. The summed E-state index contributed by atoms with van der Waals surface area (Å²) in [5.74, 6) is 0.416. The van der Waals surface area contributed by atoms with Crippen molar-refractivity contribution in [3.63, 3.8) is 0 Å². The molecule has 2 N–H and O–H groups in total. The largest absolute Gasteiger partial charge is 0.398 e. The molecular weight excluding hydrogens is 320 g/mol. The maximum Gasteiger partial charge on any atom is 0.106 e. The predicted octanol–water partition coefficient (Wildman–Crippen LogP) is 3.10. The fourth-order valence-corrected chi connectivity index (χ4v) is 4.06. The zero-order valence-corrected chi connectivity index (χ0v) is 12.4. The van der Waals surface area contributed by atoms with Gasteiger partial charge in [0.1, 0.15) is 5.01 Å². The van der Waals surface area contributed by atoms with Crippen molar-refractivity contribution in [1.82, 2.24) is 4.98 Å². The van der Waals surface area contributed by atoms with Crippen LogP contribution in [0.4, 0.5) is 5.69 Å². The quantitative estimate of drug-likeness (QED) is 0.880. The summed E-state index contributed by atoms with van der Waals surface area (Å²) < 4.78 is 13.1. The number of nitrogens with two attached hydrogens (primary N) is 1. The normalized spacial score (nSPS) is 12.6. The second-order valence-electron chi connectivity index (χ2n) is 3.55. The van der Waals surface area contributed by atoms with Gasteiger partial charge in [-0.15, -0.1) is 11.3 Å². The molecule has 0 saturated heterocycles. The van der Waals surface area contributed by atoms with E-state index in [4.69, 9.17) is 5.73 Å². The van der Waals surface area contributed by atoms with Crippen LogP contribution in [0.3, 0.4) is 0 Å². The number of aryl methyl sites for hydroxylation is 1. The van der Waals surface area contributed by atoms with Crippen LogP contribution in [0.5, 0.6) is 0 Å². The molecule has 0 aliphatic heterocycles. The summed E-state index contributed by atoms with van der Waals surface area (Å²) in [5, 5.41) is 2.83. The van der Waals surface area contributed by atoms with Crippen molar-refractivity contribution < 1.29 is 4.21 Å². The third kappa shape index (κ3) is 3.14. The molecule has 90 valence electrons. The van der Waals surface area contributed by atoms with Crippen LogP contribution < -0.4 is 5.73 Å². The predicted molar refractivity (Wildman–Crippen MR) is 75.5 cm³/mol. The number of aromatic nitrogens is 1. The molecule has 3 nitrogen and oxygen atoms in total. The Morgan fingerprint density at radius 2 is 2.29 bits per heavy atom. The maximum absolute atomic E-state index is 12.2. The molecule has 2 rings (SSSR count). The van der Waals surface area contributed by atoms with Gasteiger partial charge in [-0.1, -0.05) is 15.9 Å². The van der Waals surface area contributed by atoms with E-state index in [-0.39, 0.29) is 0 Å². The minimum Gasteiger partial charge on any atom is -0.398 e. The van der Waals surface area contributed by atoms with Crippen molar-refractivity contribution >= 4 is 43.8 Å². The van der Waals surface area contributed by atoms with Crippen LogP contribution in [0, 0.1) is 6.92 Å². The molecule has 1 aromatic heterocycles. The molecule has 0 aliphatic rings. The van der Waals surface area contributed by atoms with Crippen LogP contribution in [0.15, 0.2) is 32.9 Å². The summed E-state index contributed by atoms with van der Waals surface area (Å²) >= 11 is 4.88. The Kier molecular flexibility index (Phi) is 3.96. The molecule has 2 aromatic rings. The van der Waals surface area contributed by atoms with E-state index >= 15 is 0 Å². The lowest BCUT2D eigenvalue weighted by atomic mass is 10.3. The zero-order chi connectivity index (χ0) is 12.4. The summed E-state index contributed by atoms with van der Waals surface area (Å²) in [4.78, 5) is 4.96. The molecule has 0 spiro atoms. The monoisotopic (exact) mass is 330 g/mol. The van der Waals surface area contributed by atoms with E-state index in [9.17, 15) is 4.21 Å². The number of thiazole rings is 1. The molecule has 0 saturated carbocycles. The lowest BCUT2D eigenvalue weighted by molar-refractivity contribution is 0.682. The number of nitrogens with zero attached hydrogens (tertiary/aromatic N) is 1. The number of nitrogen functional groups attached to an aromatic ring is 1. The molecule has 1 atom stereocenters. The van der Waals surface area contributed by atoms with Crippen LogP contribution in [-0.4, -0.2) is 9.19 Å². The van der Waals surface area contributed by atoms with Crippen molar-refractivity contribution in [2.45, 2.75) is 17.6 Å². The molecule has 0 bridgehead atoms. The first-order valence-electron chi connectivity index (χ1n) is 4.90. The Morgan fingerprint density at radius 3 is 2.94 bits per heavy atom. The Morgan fingerprint density at radius 1 is 1.53 bits per heavy atom. The number of anilines is 1. The van der Waals surface area contributed by atoms with E-state index < -0.39 is 10.8 Å². The highest BCUT2D eigenvalue weighted by Crippen LogP contribution is 2.24. The van der Waals surface area contributed by atoms with Crippen LogP contribution in [0.25, 0.3) is 0 Å². The topological polar surface area (TPSA) is 56.0 Å². The Bertz CT molecular complexity index is 568. The van der Waals surface area contributed by atoms with Gasteiger partial charge < -0.3 is 5.73 Å². The molecule has 1 heterocycles. The number of rotatable bonds is 3. The minimum absolute atomic E-state index is 0.416. The number of hydrogen-bond acceptors (Lipinski definition) is 4. The molecule has 0 radical (unpaired) electrons. The third-order valence-corrected chi connectivity index (χ3v) is 5.16. The van der Waals surface area contributed by atoms with E-state index in [0.29, 0.717) is 16.3 Å². The van der Waals surface area contributed by atoms with Crippen LogP contribution in [0.1, 0.15) is 10.7 Å². The van der Waals surface area contributed by atoms with Crippen molar-refractivity contribution in [2.24, 2.45) is 0 Å². The van der Waals surface area contributed by atoms with Crippen LogP contribution >= 0.6 is 27.3 Å². The standard InChI is InChI=1S/C11H11BrN2OS2/c1-7-5-16-11(14-7)6-17(15)10-4-8(12)2-3-9(10)13/h2-5H,6,13H2,1H3. The van der Waals surface area contributed by atoms with Crippen molar-refractivity contribution in [3.8, 4) is 0 Å². The van der Waals surface area contributed by atoms with Crippen molar-refractivity contribution in [1.29, 1.82) is 0 Å². The van der Waals surface area contributed by atoms with E-state index in [1.165, 1.54) is 11.3 Å². The summed E-state index contributed by atoms with van der Waals surface area (Å²) in [6, 6.07) is 5.39. The van der Waals surface area contributed by atoms with Crippen LogP contribution in [-0.2, 0) is 16.6 Å². The molecular formula is C11H11BrN2OS2. The van der Waals surface area contributed by atoms with Crippen molar-refractivity contribution in [2.75, 3.05) is 5.73 Å². The first-order valence-corrected chi connectivity index (χ1v) is 7.90. The Balaban J connectivity index is 2.22. The smallest absolute Gasteiger partial charge is 0.106 e. The summed E-state index contributed by atoms with van der Waals surface area (Å²) in [5.41, 5.74) is 7.34. The lowest BCUT2D eigenvalue weighted by Crippen LogP contribution is -2.00. The minimum atomic E-state index is -1.15. The van der Waals surface area contributed by atoms with Gasteiger partial charge in [0.15, 0.2) is 0 Å². The number of benzene rings is 1. The highest BCUT2D eigenvalue weighted by atomic mass is 79.9. The number of hydrogen-bond donors (Lipinski definition) is 1. The molecule has 1 aromatic carbocycles. The Hall–Kier alpha value is -0.720. The van der Waals surface area contributed by atoms with Crippen molar-refractivity contribution in [3.05, 3.63) is 38.8 Å². The summed E-state index contributed by atoms with van der Waals surface area (Å²) in [6.07, 6.45) is 0. The van der Waals surface area contributed by atoms with Gasteiger partial charge in [0.05, 0.1) is 21.4 Å². The van der Waals surface area contributed by atoms with Gasteiger partial charge in [-0.25, -0.2) is 4.98 Å². The molecule has 1 unspecified atom stereocenters. The van der Waals surface area contributed by atoms with Gasteiger partial charge in [0.2, 0.25) is 0 Å². The molecule has 17 heavy (non-hydrogen) atoms. The SMILES string of the molecule is Cc1csc(CS(=O)c2cc(Br)ccc2N)n1. The maximum atomic E-state index is 12.2. The fraction of sp³-hybridized carbons (Fsp3) is 0.182. The molecule has 0 amide bonds. The van der Waals surface area contributed by atoms with Gasteiger partial charge >= 0.3 is 0 Å². The zero-order valence-electron chi connectivity index (χ0n) is 9.14. The highest BCUT2D eigenvalue weighted by molar-refractivity contribution is 9.10.